The molecule has 5 nitrogen and oxygen atoms in total. The predicted octanol–water partition coefficient (Wildman–Crippen LogP) is 3.84. The van der Waals surface area contributed by atoms with Crippen molar-refractivity contribution in [2.45, 2.75) is 25.8 Å². The van der Waals surface area contributed by atoms with Gasteiger partial charge in [0.25, 0.3) is 7.37 Å². The fourth-order valence-corrected chi connectivity index (χ4v) is 4.95. The van der Waals surface area contributed by atoms with Crippen molar-refractivity contribution in [2.24, 2.45) is 0 Å². The molecule has 0 aliphatic carbocycles. The molecular formula is C20H29N2O3P. The molecule has 0 fully saturated rings. The van der Waals surface area contributed by atoms with E-state index in [2.05, 4.69) is 0 Å². The minimum atomic E-state index is -3.51. The number of nitrogens with zero attached hydrogens (tertiary/aromatic N) is 2. The molecule has 0 heterocycles. The Morgan fingerprint density at radius 2 is 1.27 bits per heavy atom. The Bertz CT molecular complexity index is 756. The van der Waals surface area contributed by atoms with Gasteiger partial charge in [-0.05, 0) is 55.8 Å². The molecule has 26 heavy (non-hydrogen) atoms. The molecular weight excluding hydrogens is 347 g/mol. The highest BCUT2D eigenvalue weighted by atomic mass is 31.2. The first-order chi connectivity index (χ1) is 12.1. The third kappa shape index (κ3) is 4.47. The number of hydrogen-bond acceptors (Lipinski definition) is 5. The third-order valence-electron chi connectivity index (χ3n) is 4.12. The second-order valence-corrected chi connectivity index (χ2v) is 9.43. The summed E-state index contributed by atoms with van der Waals surface area (Å²) in [6.45, 7) is 3.64. The van der Waals surface area contributed by atoms with Crippen molar-refractivity contribution in [2.75, 3.05) is 38.0 Å². The Kier molecular flexibility index (Phi) is 6.51. The normalized spacial score (nSPS) is 14.8. The summed E-state index contributed by atoms with van der Waals surface area (Å²) in [5, 5.41) is 11.5. The van der Waals surface area contributed by atoms with Gasteiger partial charge < -0.3 is 19.4 Å². The lowest BCUT2D eigenvalue weighted by molar-refractivity contribution is 0.189. The molecule has 0 bridgehead atoms. The number of aliphatic hydroxyl groups is 1. The fourth-order valence-electron chi connectivity index (χ4n) is 2.67. The molecule has 0 spiro atoms. The Morgan fingerprint density at radius 3 is 1.65 bits per heavy atom. The lowest BCUT2D eigenvalue weighted by Crippen LogP contribution is -2.18. The highest BCUT2D eigenvalue weighted by molar-refractivity contribution is 7.67. The van der Waals surface area contributed by atoms with E-state index in [1.807, 2.05) is 76.1 Å². The third-order valence-corrected chi connectivity index (χ3v) is 6.82. The molecule has 0 aliphatic heterocycles. The van der Waals surface area contributed by atoms with Gasteiger partial charge >= 0.3 is 0 Å². The summed E-state index contributed by atoms with van der Waals surface area (Å²) in [5.74, 6) is -1.22. The average molecular weight is 376 g/mol. The largest absolute Gasteiger partial charge is 0.378 e. The number of aliphatic hydroxyl groups excluding tert-OH is 1. The molecule has 0 saturated carbocycles. The average Bonchev–Trinajstić information content (AvgIpc) is 2.60. The van der Waals surface area contributed by atoms with Crippen molar-refractivity contribution in [3.8, 4) is 0 Å². The topological polar surface area (TPSA) is 53.0 Å². The number of rotatable bonds is 7. The van der Waals surface area contributed by atoms with Crippen LogP contribution >= 0.6 is 7.37 Å². The van der Waals surface area contributed by atoms with Crippen LogP contribution in [0.1, 0.15) is 25.3 Å². The Balaban J connectivity index is 2.42. The van der Waals surface area contributed by atoms with Gasteiger partial charge in [0.1, 0.15) is 0 Å². The summed E-state index contributed by atoms with van der Waals surface area (Å²) in [6, 6.07) is 14.7. The van der Waals surface area contributed by atoms with Crippen LogP contribution in [-0.4, -0.2) is 39.4 Å². The van der Waals surface area contributed by atoms with E-state index in [9.17, 15) is 9.67 Å². The van der Waals surface area contributed by atoms with Gasteiger partial charge in [0.05, 0.1) is 6.10 Å². The zero-order chi connectivity index (χ0) is 19.5. The van der Waals surface area contributed by atoms with Gasteiger partial charge in [0, 0.05) is 44.9 Å². The second kappa shape index (κ2) is 8.26. The zero-order valence-electron chi connectivity index (χ0n) is 16.4. The van der Waals surface area contributed by atoms with E-state index < -0.39 is 13.2 Å². The lowest BCUT2D eigenvalue weighted by Gasteiger charge is -2.27. The summed E-state index contributed by atoms with van der Waals surface area (Å²) >= 11 is 0. The highest BCUT2D eigenvalue weighted by Gasteiger charge is 2.37. The molecule has 0 aliphatic rings. The van der Waals surface area contributed by atoms with Gasteiger partial charge in [-0.15, -0.1) is 0 Å². The van der Waals surface area contributed by atoms with Crippen LogP contribution in [0, 0.1) is 0 Å². The Morgan fingerprint density at radius 1 is 0.846 bits per heavy atom. The summed E-state index contributed by atoms with van der Waals surface area (Å²) in [7, 11) is 4.28. The maximum Gasteiger partial charge on any atom is 0.264 e. The SMILES string of the molecule is CC(C)O[P@@](=O)(c1ccc(N(C)C)cc1)[C@@H](O)c1ccc(N(C)C)cc1. The van der Waals surface area contributed by atoms with Gasteiger partial charge in [-0.25, -0.2) is 0 Å². The van der Waals surface area contributed by atoms with Crippen molar-refractivity contribution >= 4 is 24.0 Å². The second-order valence-electron chi connectivity index (χ2n) is 7.02. The van der Waals surface area contributed by atoms with Crippen molar-refractivity contribution in [3.05, 3.63) is 54.1 Å². The molecule has 0 saturated heterocycles. The highest BCUT2D eigenvalue weighted by Crippen LogP contribution is 2.58. The van der Waals surface area contributed by atoms with Crippen molar-refractivity contribution in [3.63, 3.8) is 0 Å². The molecule has 2 atom stereocenters. The van der Waals surface area contributed by atoms with Crippen molar-refractivity contribution in [1.29, 1.82) is 0 Å². The number of anilines is 2. The summed E-state index contributed by atoms with van der Waals surface area (Å²) in [5.41, 5.74) is 2.59. The summed E-state index contributed by atoms with van der Waals surface area (Å²) in [4.78, 5) is 3.94. The minimum absolute atomic E-state index is 0.273. The van der Waals surface area contributed by atoms with Crippen LogP contribution in [0.2, 0.25) is 0 Å². The van der Waals surface area contributed by atoms with E-state index >= 15 is 0 Å². The zero-order valence-corrected chi connectivity index (χ0v) is 17.3. The lowest BCUT2D eigenvalue weighted by atomic mass is 10.2. The monoisotopic (exact) mass is 376 g/mol. The standard InChI is InChI=1S/C20H29N2O3P/c1-15(2)25-26(24,19-13-11-18(12-14-19)22(5)6)20(23)16-7-9-17(10-8-16)21(3)4/h7-15,20,23H,1-6H3/t20-,26+/m1/s1. The molecule has 6 heteroatoms. The van der Waals surface area contributed by atoms with Gasteiger partial charge in [-0.1, -0.05) is 12.1 Å². The smallest absolute Gasteiger partial charge is 0.264 e. The molecule has 0 radical (unpaired) electrons. The van der Waals surface area contributed by atoms with E-state index in [0.29, 0.717) is 10.9 Å². The van der Waals surface area contributed by atoms with Gasteiger partial charge in [0.2, 0.25) is 0 Å². The van der Waals surface area contributed by atoms with Gasteiger partial charge in [-0.2, -0.15) is 0 Å². The first-order valence-corrected chi connectivity index (χ1v) is 10.4. The fraction of sp³-hybridized carbons (Fsp3) is 0.400. The van der Waals surface area contributed by atoms with E-state index in [1.165, 1.54) is 0 Å². The van der Waals surface area contributed by atoms with Crippen LogP contribution < -0.4 is 15.1 Å². The Hall–Kier alpha value is -1.81. The van der Waals surface area contributed by atoms with Crippen LogP contribution in [0.3, 0.4) is 0 Å². The number of hydrogen-bond donors (Lipinski definition) is 1. The van der Waals surface area contributed by atoms with E-state index in [1.54, 1.807) is 24.3 Å². The predicted molar refractivity (Wildman–Crippen MR) is 110 cm³/mol. The summed E-state index contributed by atoms with van der Waals surface area (Å²) in [6.07, 6.45) is -0.273. The molecule has 142 valence electrons. The van der Waals surface area contributed by atoms with Gasteiger partial charge in [-0.3, -0.25) is 4.57 Å². The van der Waals surface area contributed by atoms with Crippen LogP contribution in [-0.2, 0) is 9.09 Å². The van der Waals surface area contributed by atoms with Crippen LogP contribution in [0.25, 0.3) is 0 Å². The first-order valence-electron chi connectivity index (χ1n) is 8.66. The maximum atomic E-state index is 13.7. The van der Waals surface area contributed by atoms with Crippen LogP contribution in [0.5, 0.6) is 0 Å². The number of benzene rings is 2. The molecule has 0 aromatic heterocycles. The molecule has 2 rings (SSSR count). The molecule has 0 amide bonds. The summed E-state index contributed by atoms with van der Waals surface area (Å²) < 4.78 is 19.5. The van der Waals surface area contributed by atoms with Gasteiger partial charge in [0.15, 0.2) is 5.85 Å². The first kappa shape index (κ1) is 20.5. The van der Waals surface area contributed by atoms with Crippen LogP contribution in [0.15, 0.2) is 48.5 Å². The maximum absolute atomic E-state index is 13.7. The van der Waals surface area contributed by atoms with E-state index in [0.717, 1.165) is 11.4 Å². The van der Waals surface area contributed by atoms with Crippen LogP contribution in [0.4, 0.5) is 11.4 Å². The van der Waals surface area contributed by atoms with E-state index in [4.69, 9.17) is 4.52 Å². The Labute approximate surface area is 156 Å². The quantitative estimate of drug-likeness (QED) is 0.744. The molecule has 0 unspecified atom stereocenters. The van der Waals surface area contributed by atoms with E-state index in [-0.39, 0.29) is 6.10 Å². The molecule has 2 aromatic rings. The van der Waals surface area contributed by atoms with Crippen molar-refractivity contribution in [1.82, 2.24) is 0 Å². The molecule has 1 N–H and O–H groups in total. The molecule has 2 aromatic carbocycles. The minimum Gasteiger partial charge on any atom is -0.378 e. The van der Waals surface area contributed by atoms with Crippen molar-refractivity contribution < 1.29 is 14.2 Å².